The minimum atomic E-state index is -0.500. The van der Waals surface area contributed by atoms with Crippen molar-refractivity contribution in [2.24, 2.45) is 0 Å². The fraction of sp³-hybridized carbons (Fsp3) is 0.458. The van der Waals surface area contributed by atoms with Crippen molar-refractivity contribution in [3.05, 3.63) is 71.3 Å². The number of morpholine rings is 1. The Balaban J connectivity index is 1.78. The van der Waals surface area contributed by atoms with Crippen molar-refractivity contribution in [1.82, 2.24) is 10.2 Å². The maximum Gasteiger partial charge on any atom is 0.183 e. The largest absolute Gasteiger partial charge is 0.371 e. The Bertz CT molecular complexity index is 752. The van der Waals surface area contributed by atoms with Crippen LogP contribution in [0.1, 0.15) is 47.4 Å². The van der Waals surface area contributed by atoms with Crippen LogP contribution >= 0.6 is 0 Å². The first-order valence-electron chi connectivity index (χ1n) is 10.3. The number of carbonyl (C=O) groups is 1. The molecule has 1 heterocycles. The van der Waals surface area contributed by atoms with Gasteiger partial charge in [0, 0.05) is 18.7 Å². The average Bonchev–Trinajstić information content (AvgIpc) is 2.75. The molecule has 0 bridgehead atoms. The molecule has 3 rings (SSSR count). The zero-order chi connectivity index (χ0) is 20.0. The molecule has 1 aliphatic rings. The number of aryl methyl sites for hydroxylation is 1. The van der Waals surface area contributed by atoms with Crippen molar-refractivity contribution in [3.63, 3.8) is 0 Å². The Morgan fingerprint density at radius 1 is 1.14 bits per heavy atom. The lowest BCUT2D eigenvalue weighted by Gasteiger charge is -2.38. The standard InChI is InChI=1S/C24H32N2O2/c1-4-24(26(2)3,15-14-19-8-6-5-7-9-19)23(27)21-12-10-20(11-13-21)22-18-25-16-17-28-22/h5-13,22,25H,4,14-18H2,1-3H3. The predicted molar refractivity (Wildman–Crippen MR) is 114 cm³/mol. The summed E-state index contributed by atoms with van der Waals surface area (Å²) in [5.41, 5.74) is 2.67. The van der Waals surface area contributed by atoms with E-state index < -0.39 is 5.54 Å². The molecule has 0 radical (unpaired) electrons. The molecule has 1 aliphatic heterocycles. The van der Waals surface area contributed by atoms with Gasteiger partial charge in [-0.25, -0.2) is 0 Å². The summed E-state index contributed by atoms with van der Waals surface area (Å²) in [6.07, 6.45) is 2.54. The lowest BCUT2D eigenvalue weighted by atomic mass is 9.80. The van der Waals surface area contributed by atoms with Crippen LogP contribution in [0.2, 0.25) is 0 Å². The second-order valence-electron chi connectivity index (χ2n) is 7.78. The van der Waals surface area contributed by atoms with Crippen LogP contribution in [0.4, 0.5) is 0 Å². The molecule has 4 nitrogen and oxygen atoms in total. The molecule has 1 fully saturated rings. The number of nitrogens with one attached hydrogen (secondary N) is 1. The zero-order valence-electron chi connectivity index (χ0n) is 17.3. The highest BCUT2D eigenvalue weighted by atomic mass is 16.5. The van der Waals surface area contributed by atoms with Gasteiger partial charge in [-0.3, -0.25) is 9.69 Å². The molecule has 2 aromatic rings. The van der Waals surface area contributed by atoms with Crippen molar-refractivity contribution >= 4 is 5.78 Å². The van der Waals surface area contributed by atoms with Crippen molar-refractivity contribution in [3.8, 4) is 0 Å². The number of hydrogen-bond donors (Lipinski definition) is 1. The summed E-state index contributed by atoms with van der Waals surface area (Å²) in [6.45, 7) is 4.56. The molecule has 2 aromatic carbocycles. The smallest absolute Gasteiger partial charge is 0.183 e. The van der Waals surface area contributed by atoms with E-state index in [1.54, 1.807) is 0 Å². The van der Waals surface area contributed by atoms with E-state index in [9.17, 15) is 4.79 Å². The number of carbonyl (C=O) groups excluding carboxylic acids is 1. The van der Waals surface area contributed by atoms with Gasteiger partial charge in [0.2, 0.25) is 0 Å². The van der Waals surface area contributed by atoms with E-state index in [4.69, 9.17) is 4.74 Å². The number of ketones is 1. The number of benzene rings is 2. The summed E-state index contributed by atoms with van der Waals surface area (Å²) in [5, 5.41) is 3.35. The summed E-state index contributed by atoms with van der Waals surface area (Å²) in [7, 11) is 4.03. The number of Topliss-reactive ketones (excluding diaryl/α,β-unsaturated/α-hetero) is 1. The van der Waals surface area contributed by atoms with Gasteiger partial charge in [0.05, 0.1) is 18.2 Å². The first-order chi connectivity index (χ1) is 13.6. The third-order valence-corrected chi connectivity index (χ3v) is 6.01. The molecule has 2 unspecified atom stereocenters. The van der Waals surface area contributed by atoms with Gasteiger partial charge < -0.3 is 10.1 Å². The Morgan fingerprint density at radius 2 is 1.86 bits per heavy atom. The molecule has 0 aromatic heterocycles. The van der Waals surface area contributed by atoms with Gasteiger partial charge >= 0.3 is 0 Å². The topological polar surface area (TPSA) is 41.6 Å². The van der Waals surface area contributed by atoms with Crippen LogP contribution in [0.25, 0.3) is 0 Å². The molecule has 28 heavy (non-hydrogen) atoms. The maximum atomic E-state index is 13.6. The second-order valence-corrected chi connectivity index (χ2v) is 7.78. The third kappa shape index (κ3) is 4.52. The Kier molecular flexibility index (Phi) is 7.00. The highest BCUT2D eigenvalue weighted by Crippen LogP contribution is 2.29. The van der Waals surface area contributed by atoms with E-state index in [-0.39, 0.29) is 11.9 Å². The molecule has 0 aliphatic carbocycles. The summed E-state index contributed by atoms with van der Waals surface area (Å²) in [4.78, 5) is 15.7. The Labute approximate surface area is 168 Å². The molecule has 0 amide bonds. The van der Waals surface area contributed by atoms with Gasteiger partial charge in [-0.1, -0.05) is 61.5 Å². The number of nitrogens with zero attached hydrogens (tertiary/aromatic N) is 1. The van der Waals surface area contributed by atoms with Crippen LogP contribution < -0.4 is 5.32 Å². The lowest BCUT2D eigenvalue weighted by Crippen LogP contribution is -2.51. The molecule has 150 valence electrons. The molecule has 2 atom stereocenters. The van der Waals surface area contributed by atoms with E-state index in [1.807, 2.05) is 44.4 Å². The summed E-state index contributed by atoms with van der Waals surface area (Å²) in [6, 6.07) is 18.4. The minimum absolute atomic E-state index is 0.0702. The number of likely N-dealkylation sites (N-methyl/N-ethyl adjacent to an activating group) is 1. The van der Waals surface area contributed by atoms with Crippen LogP contribution in [0.3, 0.4) is 0 Å². The van der Waals surface area contributed by atoms with Crippen LogP contribution in [-0.2, 0) is 11.2 Å². The first kappa shape index (κ1) is 20.7. The summed E-state index contributed by atoms with van der Waals surface area (Å²) >= 11 is 0. The highest BCUT2D eigenvalue weighted by Gasteiger charge is 2.39. The molecule has 1 saturated heterocycles. The van der Waals surface area contributed by atoms with E-state index in [2.05, 4.69) is 41.4 Å². The van der Waals surface area contributed by atoms with Gasteiger partial charge in [-0.05, 0) is 44.5 Å². The van der Waals surface area contributed by atoms with Crippen molar-refractivity contribution in [1.29, 1.82) is 0 Å². The van der Waals surface area contributed by atoms with Gasteiger partial charge in [-0.15, -0.1) is 0 Å². The van der Waals surface area contributed by atoms with Gasteiger partial charge in [0.25, 0.3) is 0 Å². The van der Waals surface area contributed by atoms with Gasteiger partial charge in [0.15, 0.2) is 5.78 Å². The van der Waals surface area contributed by atoms with Crippen LogP contribution in [-0.4, -0.2) is 50.0 Å². The molecule has 1 N–H and O–H groups in total. The van der Waals surface area contributed by atoms with Gasteiger partial charge in [-0.2, -0.15) is 0 Å². The van der Waals surface area contributed by atoms with Crippen molar-refractivity contribution in [2.45, 2.75) is 37.8 Å². The second kappa shape index (κ2) is 9.46. The van der Waals surface area contributed by atoms with Crippen LogP contribution in [0, 0.1) is 0 Å². The monoisotopic (exact) mass is 380 g/mol. The lowest BCUT2D eigenvalue weighted by molar-refractivity contribution is 0.0277. The number of rotatable bonds is 8. The first-order valence-corrected chi connectivity index (χ1v) is 10.3. The summed E-state index contributed by atoms with van der Waals surface area (Å²) < 4.78 is 5.82. The van der Waals surface area contributed by atoms with E-state index >= 15 is 0 Å². The fourth-order valence-corrected chi connectivity index (χ4v) is 4.09. The number of hydrogen-bond acceptors (Lipinski definition) is 4. The normalized spacial score (nSPS) is 19.4. The van der Waals surface area contributed by atoms with Gasteiger partial charge in [0.1, 0.15) is 0 Å². The van der Waals surface area contributed by atoms with Crippen molar-refractivity contribution < 1.29 is 9.53 Å². The molecular formula is C24H32N2O2. The SMILES string of the molecule is CCC(CCc1ccccc1)(C(=O)c1ccc(C2CNCCO2)cc1)N(C)C. The molecule has 0 saturated carbocycles. The van der Waals surface area contributed by atoms with E-state index in [0.717, 1.165) is 50.1 Å². The molecule has 4 heteroatoms. The van der Waals surface area contributed by atoms with E-state index in [0.29, 0.717) is 0 Å². The molecule has 0 spiro atoms. The highest BCUT2D eigenvalue weighted by molar-refractivity contribution is 6.03. The Hall–Kier alpha value is -2.01. The average molecular weight is 381 g/mol. The van der Waals surface area contributed by atoms with Crippen molar-refractivity contribution in [2.75, 3.05) is 33.8 Å². The maximum absolute atomic E-state index is 13.6. The third-order valence-electron chi connectivity index (χ3n) is 6.01. The predicted octanol–water partition coefficient (Wildman–Crippen LogP) is 3.87. The fourth-order valence-electron chi connectivity index (χ4n) is 4.09. The number of ether oxygens (including phenoxy) is 1. The summed E-state index contributed by atoms with van der Waals surface area (Å²) in [5.74, 6) is 0.199. The molecular weight excluding hydrogens is 348 g/mol. The van der Waals surface area contributed by atoms with E-state index in [1.165, 1.54) is 5.56 Å². The zero-order valence-corrected chi connectivity index (χ0v) is 17.3. The quantitative estimate of drug-likeness (QED) is 0.706. The minimum Gasteiger partial charge on any atom is -0.371 e. The Morgan fingerprint density at radius 3 is 2.43 bits per heavy atom. The van der Waals surface area contributed by atoms with Crippen LogP contribution in [0.5, 0.6) is 0 Å². The van der Waals surface area contributed by atoms with Crippen LogP contribution in [0.15, 0.2) is 54.6 Å².